The molecule has 1 aromatic heterocycles. The summed E-state index contributed by atoms with van der Waals surface area (Å²) in [4.78, 5) is 18.4. The molecule has 1 unspecified atom stereocenters. The van der Waals surface area contributed by atoms with E-state index in [1.807, 2.05) is 26.0 Å². The van der Waals surface area contributed by atoms with Crippen molar-refractivity contribution in [1.82, 2.24) is 9.55 Å². The molecule has 2 heterocycles. The molecule has 9 heteroatoms. The van der Waals surface area contributed by atoms with E-state index in [-0.39, 0.29) is 17.1 Å². The predicted octanol–water partition coefficient (Wildman–Crippen LogP) is 6.91. The molecule has 0 aliphatic carbocycles. The molecule has 36 heavy (non-hydrogen) atoms. The van der Waals surface area contributed by atoms with Crippen molar-refractivity contribution < 1.29 is 18.0 Å². The summed E-state index contributed by atoms with van der Waals surface area (Å²) >= 11 is 0. The number of carbonyl (C=O) groups is 1. The maximum absolute atomic E-state index is 13.8. The van der Waals surface area contributed by atoms with E-state index in [0.29, 0.717) is 22.2 Å². The molecule has 178 valence electrons. The first-order valence-corrected chi connectivity index (χ1v) is 11.0. The predicted molar refractivity (Wildman–Crippen MR) is 128 cm³/mol. The van der Waals surface area contributed by atoms with Crippen molar-refractivity contribution >= 4 is 33.8 Å². The summed E-state index contributed by atoms with van der Waals surface area (Å²) in [5.41, 5.74) is 3.09. The van der Waals surface area contributed by atoms with E-state index in [0.717, 1.165) is 23.3 Å². The second-order valence-corrected chi connectivity index (χ2v) is 8.47. The van der Waals surface area contributed by atoms with Gasteiger partial charge in [0, 0.05) is 5.57 Å². The van der Waals surface area contributed by atoms with Gasteiger partial charge in [-0.15, -0.1) is 0 Å². The van der Waals surface area contributed by atoms with E-state index in [2.05, 4.69) is 21.3 Å². The minimum Gasteiger partial charge on any atom is -0.271 e. The molecule has 0 amide bonds. The molecule has 0 saturated carbocycles. The number of alkyl halides is 3. The van der Waals surface area contributed by atoms with Crippen LogP contribution < -0.4 is 0 Å². The number of aryl methyl sites for hydroxylation is 2. The summed E-state index contributed by atoms with van der Waals surface area (Å²) in [6.45, 7) is 3.83. The Hall–Kier alpha value is -4.58. The van der Waals surface area contributed by atoms with E-state index < -0.39 is 23.7 Å². The van der Waals surface area contributed by atoms with E-state index in [1.165, 1.54) is 16.7 Å². The minimum atomic E-state index is -4.55. The van der Waals surface area contributed by atoms with Gasteiger partial charge in [0.2, 0.25) is 0 Å². The SMILES string of the molecule is Cc1cc2nc3n(c2cc1C)C(=O)C(N=Nc1cccc(C(F)(F)F)c1)C(c1ccccc1)=C3C#N. The Balaban J connectivity index is 1.73. The Morgan fingerprint density at radius 2 is 1.72 bits per heavy atom. The normalized spacial score (nSPS) is 16.0. The number of rotatable bonds is 3. The first-order chi connectivity index (χ1) is 17.2. The maximum Gasteiger partial charge on any atom is 0.416 e. The fourth-order valence-corrected chi connectivity index (χ4v) is 4.23. The fraction of sp³-hybridized carbons (Fsp3) is 0.148. The first-order valence-electron chi connectivity index (χ1n) is 11.0. The summed E-state index contributed by atoms with van der Waals surface area (Å²) in [7, 11) is 0. The molecule has 4 aromatic rings. The summed E-state index contributed by atoms with van der Waals surface area (Å²) in [6, 6.07) is 17.7. The Morgan fingerprint density at radius 3 is 2.42 bits per heavy atom. The Morgan fingerprint density at radius 1 is 1.00 bits per heavy atom. The van der Waals surface area contributed by atoms with Crippen LogP contribution in [0.2, 0.25) is 0 Å². The Labute approximate surface area is 204 Å². The van der Waals surface area contributed by atoms with Gasteiger partial charge < -0.3 is 0 Å². The van der Waals surface area contributed by atoms with Crippen molar-refractivity contribution in [2.45, 2.75) is 26.1 Å². The van der Waals surface area contributed by atoms with Crippen LogP contribution in [-0.2, 0) is 6.18 Å². The number of fused-ring (bicyclic) bond motifs is 3. The highest BCUT2D eigenvalue weighted by atomic mass is 19.4. The van der Waals surface area contributed by atoms with E-state index in [1.54, 1.807) is 30.3 Å². The van der Waals surface area contributed by atoms with Crippen molar-refractivity contribution in [2.24, 2.45) is 10.2 Å². The monoisotopic (exact) mass is 485 g/mol. The second-order valence-electron chi connectivity index (χ2n) is 8.47. The average Bonchev–Trinajstić information content (AvgIpc) is 3.22. The maximum atomic E-state index is 13.8. The van der Waals surface area contributed by atoms with Gasteiger partial charge in [0.15, 0.2) is 11.9 Å². The first kappa shape index (κ1) is 23.2. The molecule has 1 aliphatic heterocycles. The molecule has 0 fully saturated rings. The van der Waals surface area contributed by atoms with Crippen LogP contribution in [0.5, 0.6) is 0 Å². The number of hydrogen-bond acceptors (Lipinski definition) is 5. The summed E-state index contributed by atoms with van der Waals surface area (Å²) in [5.74, 6) is -0.295. The number of halogens is 3. The van der Waals surface area contributed by atoms with Crippen LogP contribution in [0.1, 0.15) is 32.9 Å². The van der Waals surface area contributed by atoms with Crippen LogP contribution in [0, 0.1) is 25.2 Å². The van der Waals surface area contributed by atoms with Gasteiger partial charge in [-0.2, -0.15) is 28.7 Å². The molecule has 3 aromatic carbocycles. The summed E-state index contributed by atoms with van der Waals surface area (Å²) in [5, 5.41) is 18.3. The lowest BCUT2D eigenvalue weighted by molar-refractivity contribution is -0.137. The van der Waals surface area contributed by atoms with Crippen LogP contribution in [0.15, 0.2) is 77.0 Å². The zero-order valence-electron chi connectivity index (χ0n) is 19.2. The number of allylic oxidation sites excluding steroid dienone is 1. The molecule has 1 atom stereocenters. The smallest absolute Gasteiger partial charge is 0.271 e. The van der Waals surface area contributed by atoms with Crippen LogP contribution in [-0.4, -0.2) is 21.5 Å². The van der Waals surface area contributed by atoms with Crippen LogP contribution in [0.4, 0.5) is 18.9 Å². The molecule has 0 spiro atoms. The van der Waals surface area contributed by atoms with E-state index in [4.69, 9.17) is 0 Å². The third-order valence-corrected chi connectivity index (χ3v) is 6.15. The van der Waals surface area contributed by atoms with Gasteiger partial charge in [0.1, 0.15) is 11.6 Å². The van der Waals surface area contributed by atoms with Crippen molar-refractivity contribution in [3.05, 3.63) is 94.8 Å². The fourth-order valence-electron chi connectivity index (χ4n) is 4.23. The number of imidazole rings is 1. The number of aromatic nitrogens is 2. The van der Waals surface area contributed by atoms with E-state index >= 15 is 0 Å². The van der Waals surface area contributed by atoms with Crippen LogP contribution in [0.3, 0.4) is 0 Å². The van der Waals surface area contributed by atoms with Gasteiger partial charge >= 0.3 is 6.18 Å². The molecule has 6 nitrogen and oxygen atoms in total. The highest BCUT2D eigenvalue weighted by Crippen LogP contribution is 2.38. The lowest BCUT2D eigenvalue weighted by Gasteiger charge is -2.23. The number of nitriles is 1. The average molecular weight is 485 g/mol. The lowest BCUT2D eigenvalue weighted by atomic mass is 9.90. The molecule has 1 aliphatic rings. The molecule has 0 saturated heterocycles. The summed E-state index contributed by atoms with van der Waals surface area (Å²) < 4.78 is 40.8. The molecule has 0 radical (unpaired) electrons. The minimum absolute atomic E-state index is 0.0590. The number of hydrogen-bond donors (Lipinski definition) is 0. The standard InChI is InChI=1S/C27H18F3N5O/c1-15-11-21-22(12-16(15)2)35-25(32-21)20(14-31)23(17-7-4-3-5-8-17)24(26(35)36)34-33-19-10-6-9-18(13-19)27(28,29)30/h3-13,24H,1-2H3. The molecular weight excluding hydrogens is 467 g/mol. The number of azo groups is 1. The summed E-state index contributed by atoms with van der Waals surface area (Å²) in [6.07, 6.45) is -4.55. The third-order valence-electron chi connectivity index (χ3n) is 6.15. The Bertz CT molecular complexity index is 1630. The highest BCUT2D eigenvalue weighted by Gasteiger charge is 2.38. The molecule has 0 bridgehead atoms. The quantitative estimate of drug-likeness (QED) is 0.296. The van der Waals surface area contributed by atoms with E-state index in [9.17, 15) is 23.2 Å². The largest absolute Gasteiger partial charge is 0.416 e. The number of benzene rings is 3. The third kappa shape index (κ3) is 3.86. The van der Waals surface area contributed by atoms with Crippen LogP contribution >= 0.6 is 0 Å². The zero-order valence-corrected chi connectivity index (χ0v) is 19.2. The van der Waals surface area contributed by atoms with Gasteiger partial charge in [-0.1, -0.05) is 36.4 Å². The molecular formula is C27H18F3N5O. The molecule has 0 N–H and O–H groups in total. The van der Waals surface area contributed by atoms with Crippen molar-refractivity contribution in [3.8, 4) is 6.07 Å². The topological polar surface area (TPSA) is 83.4 Å². The highest BCUT2D eigenvalue weighted by molar-refractivity contribution is 6.14. The van der Waals surface area contributed by atoms with Gasteiger partial charge in [-0.3, -0.25) is 9.36 Å². The van der Waals surface area contributed by atoms with Gasteiger partial charge in [-0.25, -0.2) is 4.98 Å². The number of nitrogens with zero attached hydrogens (tertiary/aromatic N) is 5. The Kier molecular flexibility index (Phi) is 5.52. The van der Waals surface area contributed by atoms with Crippen molar-refractivity contribution in [3.63, 3.8) is 0 Å². The number of carbonyl (C=O) groups excluding carboxylic acids is 1. The van der Waals surface area contributed by atoms with Crippen molar-refractivity contribution in [1.29, 1.82) is 5.26 Å². The lowest BCUT2D eigenvalue weighted by Crippen LogP contribution is -2.32. The van der Waals surface area contributed by atoms with Crippen molar-refractivity contribution in [2.75, 3.05) is 0 Å². The zero-order chi connectivity index (χ0) is 25.6. The second kappa shape index (κ2) is 8.57. The van der Waals surface area contributed by atoms with Gasteiger partial charge in [-0.05, 0) is 60.9 Å². The van der Waals surface area contributed by atoms with Gasteiger partial charge in [0.25, 0.3) is 5.91 Å². The molecule has 5 rings (SSSR count). The van der Waals surface area contributed by atoms with Crippen LogP contribution in [0.25, 0.3) is 22.2 Å². The van der Waals surface area contributed by atoms with Gasteiger partial charge in [0.05, 0.1) is 22.3 Å².